The summed E-state index contributed by atoms with van der Waals surface area (Å²) >= 11 is 0. The highest BCUT2D eigenvalue weighted by Gasteiger charge is 2.27. The number of nitrogens with one attached hydrogen (secondary N) is 2. The first kappa shape index (κ1) is 19.3. The smallest absolute Gasteiger partial charge is 0.225 e. The Balaban J connectivity index is 1.91. The minimum atomic E-state index is 0.0624. The summed E-state index contributed by atoms with van der Waals surface area (Å²) in [5, 5.41) is 6.81. The van der Waals surface area contributed by atoms with E-state index in [0.29, 0.717) is 5.92 Å². The minimum absolute atomic E-state index is 0.0624. The Morgan fingerprint density at radius 1 is 1.28 bits per heavy atom. The zero-order valence-electron chi connectivity index (χ0n) is 16.0. The van der Waals surface area contributed by atoms with Crippen LogP contribution in [0.25, 0.3) is 0 Å². The molecule has 2 N–H and O–H groups in total. The van der Waals surface area contributed by atoms with E-state index in [9.17, 15) is 4.79 Å². The van der Waals surface area contributed by atoms with E-state index in [2.05, 4.69) is 48.7 Å². The van der Waals surface area contributed by atoms with E-state index < -0.39 is 0 Å². The van der Waals surface area contributed by atoms with Crippen LogP contribution in [0, 0.1) is 5.92 Å². The molecule has 1 fully saturated rings. The molecule has 138 valence electrons. The van der Waals surface area contributed by atoms with Gasteiger partial charge in [-0.25, -0.2) is 0 Å². The van der Waals surface area contributed by atoms with E-state index >= 15 is 0 Å². The van der Waals surface area contributed by atoms with Crippen molar-refractivity contribution in [3.05, 3.63) is 35.9 Å². The molecule has 5 nitrogen and oxygen atoms in total. The maximum absolute atomic E-state index is 12.1. The van der Waals surface area contributed by atoms with E-state index in [4.69, 9.17) is 4.99 Å². The number of guanidine groups is 1. The van der Waals surface area contributed by atoms with E-state index in [-0.39, 0.29) is 17.9 Å². The lowest BCUT2D eigenvalue weighted by Crippen LogP contribution is -2.45. The molecule has 1 amide bonds. The number of amides is 1. The minimum Gasteiger partial charge on any atom is -0.357 e. The molecule has 0 spiro atoms. The van der Waals surface area contributed by atoms with Gasteiger partial charge in [-0.05, 0) is 18.9 Å². The monoisotopic (exact) mass is 344 g/mol. The number of carbonyl (C=O) groups excluding carboxylic acids is 1. The Morgan fingerprint density at radius 3 is 2.64 bits per heavy atom. The average Bonchev–Trinajstić information content (AvgIpc) is 3.08. The summed E-state index contributed by atoms with van der Waals surface area (Å²) in [5.74, 6) is 1.52. The fourth-order valence-corrected chi connectivity index (χ4v) is 3.07. The molecule has 2 unspecified atom stereocenters. The molecule has 0 bridgehead atoms. The van der Waals surface area contributed by atoms with Gasteiger partial charge in [-0.1, -0.05) is 51.1 Å². The topological polar surface area (TPSA) is 56.7 Å². The molecule has 5 heteroatoms. The number of hydrogen-bond donors (Lipinski definition) is 2. The van der Waals surface area contributed by atoms with Gasteiger partial charge >= 0.3 is 0 Å². The molecule has 2 atom stereocenters. The predicted molar refractivity (Wildman–Crippen MR) is 104 cm³/mol. The Morgan fingerprint density at radius 2 is 2.00 bits per heavy atom. The van der Waals surface area contributed by atoms with Gasteiger partial charge in [-0.2, -0.15) is 0 Å². The van der Waals surface area contributed by atoms with Crippen LogP contribution in [0.4, 0.5) is 0 Å². The number of benzene rings is 1. The summed E-state index contributed by atoms with van der Waals surface area (Å²) in [7, 11) is 0. The van der Waals surface area contributed by atoms with E-state index in [1.165, 1.54) is 5.56 Å². The summed E-state index contributed by atoms with van der Waals surface area (Å²) in [6, 6.07) is 10.7. The molecule has 1 aromatic rings. The Bertz CT molecular complexity index is 570. The van der Waals surface area contributed by atoms with Crippen LogP contribution in [-0.4, -0.2) is 49.0 Å². The summed E-state index contributed by atoms with van der Waals surface area (Å²) in [6.07, 6.45) is 0.969. The molecule has 1 aliphatic heterocycles. The molecular weight excluding hydrogens is 312 g/mol. The van der Waals surface area contributed by atoms with Crippen LogP contribution in [0.15, 0.2) is 35.3 Å². The van der Waals surface area contributed by atoms with Crippen molar-refractivity contribution < 1.29 is 4.79 Å². The first-order chi connectivity index (χ1) is 12.0. The second kappa shape index (κ2) is 9.44. The van der Waals surface area contributed by atoms with E-state index in [0.717, 1.165) is 38.6 Å². The number of nitrogens with zero attached hydrogens (tertiary/aromatic N) is 2. The third kappa shape index (κ3) is 5.76. The zero-order valence-corrected chi connectivity index (χ0v) is 16.0. The van der Waals surface area contributed by atoms with Crippen LogP contribution in [-0.2, 0) is 4.79 Å². The van der Waals surface area contributed by atoms with Crippen molar-refractivity contribution in [2.75, 3.05) is 26.2 Å². The van der Waals surface area contributed by atoms with Crippen LogP contribution in [0.3, 0.4) is 0 Å². The molecule has 2 rings (SSSR count). The van der Waals surface area contributed by atoms with E-state index in [1.807, 2.05) is 24.8 Å². The number of carbonyl (C=O) groups is 1. The van der Waals surface area contributed by atoms with Crippen LogP contribution < -0.4 is 10.6 Å². The molecular formula is C20H32N4O. The van der Waals surface area contributed by atoms with Crippen LogP contribution in [0.1, 0.15) is 45.6 Å². The van der Waals surface area contributed by atoms with Crippen LogP contribution in [0.2, 0.25) is 0 Å². The Hall–Kier alpha value is -2.04. The molecule has 0 aromatic heterocycles. The van der Waals surface area contributed by atoms with Crippen molar-refractivity contribution in [3.63, 3.8) is 0 Å². The third-order valence-corrected chi connectivity index (χ3v) is 4.57. The fourth-order valence-electron chi connectivity index (χ4n) is 3.07. The molecule has 1 saturated heterocycles. The normalized spacial score (nSPS) is 19.2. The standard InChI is InChI=1S/C20H32N4O/c1-5-21-20(22-13-16(4)17-9-7-6-8-10-17)23-18-11-12-24(14-18)19(25)15(2)3/h6-10,15-16,18H,5,11-14H2,1-4H3,(H2,21,22,23). The highest BCUT2D eigenvalue weighted by atomic mass is 16.2. The summed E-state index contributed by atoms with van der Waals surface area (Å²) in [5.41, 5.74) is 1.30. The molecule has 0 radical (unpaired) electrons. The molecule has 25 heavy (non-hydrogen) atoms. The van der Waals surface area contributed by atoms with Gasteiger partial charge in [0.1, 0.15) is 0 Å². The van der Waals surface area contributed by atoms with Crippen molar-refractivity contribution >= 4 is 11.9 Å². The lowest BCUT2D eigenvalue weighted by atomic mass is 10.0. The van der Waals surface area contributed by atoms with E-state index in [1.54, 1.807) is 0 Å². The molecule has 1 heterocycles. The van der Waals surface area contributed by atoms with Gasteiger partial charge in [0, 0.05) is 44.1 Å². The first-order valence-corrected chi connectivity index (χ1v) is 9.39. The van der Waals surface area contributed by atoms with Gasteiger partial charge in [-0.15, -0.1) is 0 Å². The van der Waals surface area contributed by atoms with Crippen molar-refractivity contribution in [1.82, 2.24) is 15.5 Å². The SMILES string of the molecule is CCNC(=NCC(C)c1ccccc1)NC1CCN(C(=O)C(C)C)C1. The van der Waals surface area contributed by atoms with Gasteiger partial charge in [0.2, 0.25) is 5.91 Å². The van der Waals surface area contributed by atoms with Crippen molar-refractivity contribution in [3.8, 4) is 0 Å². The predicted octanol–water partition coefficient (Wildman–Crippen LogP) is 2.60. The maximum atomic E-state index is 12.1. The third-order valence-electron chi connectivity index (χ3n) is 4.57. The summed E-state index contributed by atoms with van der Waals surface area (Å²) in [6.45, 7) is 11.3. The average molecular weight is 345 g/mol. The lowest BCUT2D eigenvalue weighted by Gasteiger charge is -2.20. The second-order valence-electron chi connectivity index (χ2n) is 7.10. The molecule has 1 aliphatic rings. The Kier molecular flexibility index (Phi) is 7.29. The largest absolute Gasteiger partial charge is 0.357 e. The Labute approximate surface area is 151 Å². The number of rotatable bonds is 6. The van der Waals surface area contributed by atoms with Gasteiger partial charge < -0.3 is 15.5 Å². The van der Waals surface area contributed by atoms with Crippen molar-refractivity contribution in [2.45, 2.75) is 46.1 Å². The van der Waals surface area contributed by atoms with Crippen LogP contribution >= 0.6 is 0 Å². The molecule has 0 saturated carbocycles. The quantitative estimate of drug-likeness (QED) is 0.616. The van der Waals surface area contributed by atoms with Gasteiger partial charge in [0.05, 0.1) is 0 Å². The number of likely N-dealkylation sites (tertiary alicyclic amines) is 1. The van der Waals surface area contributed by atoms with Gasteiger partial charge in [0.15, 0.2) is 5.96 Å². The maximum Gasteiger partial charge on any atom is 0.225 e. The van der Waals surface area contributed by atoms with Gasteiger partial charge in [0.25, 0.3) is 0 Å². The highest BCUT2D eigenvalue weighted by molar-refractivity contribution is 5.81. The zero-order chi connectivity index (χ0) is 18.2. The highest BCUT2D eigenvalue weighted by Crippen LogP contribution is 2.15. The van der Waals surface area contributed by atoms with Crippen molar-refractivity contribution in [1.29, 1.82) is 0 Å². The fraction of sp³-hybridized carbons (Fsp3) is 0.600. The second-order valence-corrected chi connectivity index (χ2v) is 7.10. The summed E-state index contributed by atoms with van der Waals surface area (Å²) in [4.78, 5) is 18.8. The first-order valence-electron chi connectivity index (χ1n) is 9.39. The van der Waals surface area contributed by atoms with Gasteiger partial charge in [-0.3, -0.25) is 9.79 Å². The van der Waals surface area contributed by atoms with Crippen LogP contribution in [0.5, 0.6) is 0 Å². The van der Waals surface area contributed by atoms with Crippen molar-refractivity contribution in [2.24, 2.45) is 10.9 Å². The number of aliphatic imine (C=N–C) groups is 1. The lowest BCUT2D eigenvalue weighted by molar-refractivity contribution is -0.133. The summed E-state index contributed by atoms with van der Waals surface area (Å²) < 4.78 is 0. The number of hydrogen-bond acceptors (Lipinski definition) is 2. The molecule has 0 aliphatic carbocycles. The molecule has 1 aromatic carbocycles.